The first-order valence-corrected chi connectivity index (χ1v) is 10.9. The van der Waals surface area contributed by atoms with E-state index in [-0.39, 0.29) is 11.6 Å². The number of para-hydroxylation sites is 1. The van der Waals surface area contributed by atoms with Crippen molar-refractivity contribution >= 4 is 33.4 Å². The van der Waals surface area contributed by atoms with E-state index < -0.39 is 0 Å². The Morgan fingerprint density at radius 1 is 0.656 bits per heavy atom. The number of hydrogen-bond acceptors (Lipinski definition) is 2. The zero-order chi connectivity index (χ0) is 22.1. The lowest BCUT2D eigenvalue weighted by Crippen LogP contribution is -2.02. The summed E-state index contributed by atoms with van der Waals surface area (Å²) in [5, 5.41) is 2.17. The molecule has 4 aromatic carbocycles. The van der Waals surface area contributed by atoms with Crippen molar-refractivity contribution in [3.8, 4) is 5.69 Å². The molecule has 5 aromatic rings. The Balaban J connectivity index is 1.62. The molecule has 0 aliphatic rings. The summed E-state index contributed by atoms with van der Waals surface area (Å²) in [7, 11) is 0. The van der Waals surface area contributed by atoms with Crippen LogP contribution in [0.25, 0.3) is 27.5 Å². The molecular weight excluding hydrogens is 394 g/mol. The van der Waals surface area contributed by atoms with E-state index in [9.17, 15) is 9.59 Å². The van der Waals surface area contributed by atoms with E-state index in [1.54, 1.807) is 0 Å². The average molecular weight is 418 g/mol. The molecule has 0 unspecified atom stereocenters. The highest BCUT2D eigenvalue weighted by atomic mass is 16.1. The van der Waals surface area contributed by atoms with Crippen molar-refractivity contribution in [2.45, 2.75) is 19.8 Å². The van der Waals surface area contributed by atoms with Crippen LogP contribution in [-0.4, -0.2) is 16.1 Å². The van der Waals surface area contributed by atoms with E-state index in [1.807, 2.05) is 91.9 Å². The molecule has 0 saturated carbocycles. The van der Waals surface area contributed by atoms with Gasteiger partial charge in [0.15, 0.2) is 11.6 Å². The maximum absolute atomic E-state index is 12.8. The van der Waals surface area contributed by atoms with Crippen molar-refractivity contribution < 1.29 is 9.59 Å². The lowest BCUT2D eigenvalue weighted by molar-refractivity contribution is 0.0980. The van der Waals surface area contributed by atoms with Gasteiger partial charge in [0.05, 0.1) is 11.0 Å². The minimum atomic E-state index is 0.0125. The Kier molecular flexibility index (Phi) is 5.16. The molecule has 0 atom stereocenters. The second-order valence-electron chi connectivity index (χ2n) is 8.00. The minimum absolute atomic E-state index is 0.0125. The fraction of sp³-hybridized carbons (Fsp3) is 0.103. The van der Waals surface area contributed by atoms with Crippen LogP contribution >= 0.6 is 0 Å². The molecule has 0 N–H and O–H groups in total. The quantitative estimate of drug-likeness (QED) is 0.279. The van der Waals surface area contributed by atoms with Gasteiger partial charge in [-0.25, -0.2) is 0 Å². The summed E-state index contributed by atoms with van der Waals surface area (Å²) in [5.74, 6) is 0.188. The van der Waals surface area contributed by atoms with Crippen LogP contribution in [0.5, 0.6) is 0 Å². The van der Waals surface area contributed by atoms with Gasteiger partial charge < -0.3 is 4.57 Å². The van der Waals surface area contributed by atoms with Crippen molar-refractivity contribution in [1.29, 1.82) is 0 Å². The number of aromatic nitrogens is 1. The summed E-state index contributed by atoms with van der Waals surface area (Å²) in [6, 6.07) is 31.2. The van der Waals surface area contributed by atoms with Crippen molar-refractivity contribution in [1.82, 2.24) is 4.57 Å². The number of rotatable bonds is 6. The van der Waals surface area contributed by atoms with Crippen molar-refractivity contribution in [3.63, 3.8) is 0 Å². The molecule has 0 saturated heterocycles. The van der Waals surface area contributed by atoms with E-state index in [0.717, 1.165) is 39.5 Å². The molecule has 3 heteroatoms. The zero-order valence-electron chi connectivity index (χ0n) is 17.9. The van der Waals surface area contributed by atoms with Crippen LogP contribution in [0.4, 0.5) is 0 Å². The van der Waals surface area contributed by atoms with E-state index in [1.165, 1.54) is 0 Å². The standard InChI is InChI=1S/C29H23NO2/c1-2-8-28(31)22-15-18-27-25(19-22)24-11-6-7-12-26(24)30(27)23-16-13-21(14-17-23)29(32)20-9-4-3-5-10-20/h3-7,9-19H,2,8H2,1H3. The summed E-state index contributed by atoms with van der Waals surface area (Å²) in [4.78, 5) is 25.3. The van der Waals surface area contributed by atoms with Crippen LogP contribution in [0.2, 0.25) is 0 Å². The van der Waals surface area contributed by atoms with E-state index >= 15 is 0 Å². The molecule has 0 spiro atoms. The van der Waals surface area contributed by atoms with Crippen LogP contribution < -0.4 is 0 Å². The predicted octanol–water partition coefficient (Wildman–Crippen LogP) is 7.00. The van der Waals surface area contributed by atoms with E-state index in [0.29, 0.717) is 17.5 Å². The molecule has 156 valence electrons. The summed E-state index contributed by atoms with van der Waals surface area (Å²) >= 11 is 0. The van der Waals surface area contributed by atoms with Gasteiger partial charge in [0, 0.05) is 39.6 Å². The third kappa shape index (κ3) is 3.42. The first-order chi connectivity index (χ1) is 15.7. The van der Waals surface area contributed by atoms with E-state index in [2.05, 4.69) is 16.7 Å². The van der Waals surface area contributed by atoms with Gasteiger partial charge in [0.25, 0.3) is 0 Å². The number of fused-ring (bicyclic) bond motifs is 3. The molecule has 1 aromatic heterocycles. The fourth-order valence-corrected chi connectivity index (χ4v) is 4.31. The molecule has 0 fully saturated rings. The number of nitrogens with zero attached hydrogens (tertiary/aromatic N) is 1. The van der Waals surface area contributed by atoms with Crippen molar-refractivity contribution in [2.24, 2.45) is 0 Å². The molecule has 0 bridgehead atoms. The third-order valence-corrected chi connectivity index (χ3v) is 5.90. The molecule has 0 amide bonds. The number of hydrogen-bond donors (Lipinski definition) is 0. The first kappa shape index (κ1) is 20.0. The molecule has 1 heterocycles. The summed E-state index contributed by atoms with van der Waals surface area (Å²) in [6.45, 7) is 2.02. The number of Topliss-reactive ketones (excluding diaryl/α,β-unsaturated/α-hetero) is 1. The van der Waals surface area contributed by atoms with Gasteiger partial charge in [0.2, 0.25) is 0 Å². The van der Waals surface area contributed by atoms with Gasteiger partial charge in [-0.15, -0.1) is 0 Å². The Hall–Kier alpha value is -3.98. The maximum Gasteiger partial charge on any atom is 0.193 e. The van der Waals surface area contributed by atoms with E-state index in [4.69, 9.17) is 0 Å². The maximum atomic E-state index is 12.8. The third-order valence-electron chi connectivity index (χ3n) is 5.90. The van der Waals surface area contributed by atoms with Gasteiger partial charge >= 0.3 is 0 Å². The number of benzene rings is 4. The number of ketones is 2. The summed E-state index contributed by atoms with van der Waals surface area (Å²) < 4.78 is 2.19. The molecular formula is C29H23NO2. The molecule has 32 heavy (non-hydrogen) atoms. The second-order valence-corrected chi connectivity index (χ2v) is 8.00. The normalized spacial score (nSPS) is 11.2. The van der Waals surface area contributed by atoms with Crippen LogP contribution in [0.15, 0.2) is 97.1 Å². The number of carbonyl (C=O) groups is 2. The molecule has 0 aliphatic heterocycles. The lowest BCUT2D eigenvalue weighted by Gasteiger charge is -2.09. The molecule has 3 nitrogen and oxygen atoms in total. The van der Waals surface area contributed by atoms with Crippen LogP contribution in [0, 0.1) is 0 Å². The van der Waals surface area contributed by atoms with Crippen molar-refractivity contribution in [2.75, 3.05) is 0 Å². The van der Waals surface area contributed by atoms with Gasteiger partial charge in [-0.3, -0.25) is 9.59 Å². The van der Waals surface area contributed by atoms with Crippen LogP contribution in [-0.2, 0) is 0 Å². The topological polar surface area (TPSA) is 39.1 Å². The van der Waals surface area contributed by atoms with Gasteiger partial charge in [-0.2, -0.15) is 0 Å². The lowest BCUT2D eigenvalue weighted by atomic mass is 10.0. The molecule has 0 aliphatic carbocycles. The summed E-state index contributed by atoms with van der Waals surface area (Å²) in [6.07, 6.45) is 1.40. The Morgan fingerprint density at radius 3 is 2.03 bits per heavy atom. The Labute approximate surface area is 186 Å². The van der Waals surface area contributed by atoms with Gasteiger partial charge in [-0.05, 0) is 55.0 Å². The highest BCUT2D eigenvalue weighted by Gasteiger charge is 2.15. The van der Waals surface area contributed by atoms with Gasteiger partial charge in [-0.1, -0.05) is 55.5 Å². The second kappa shape index (κ2) is 8.27. The smallest absolute Gasteiger partial charge is 0.193 e. The first-order valence-electron chi connectivity index (χ1n) is 10.9. The Morgan fingerprint density at radius 2 is 1.28 bits per heavy atom. The minimum Gasteiger partial charge on any atom is -0.309 e. The summed E-state index contributed by atoms with van der Waals surface area (Å²) in [5.41, 5.74) is 5.19. The number of carbonyl (C=O) groups excluding carboxylic acids is 2. The predicted molar refractivity (Wildman–Crippen MR) is 130 cm³/mol. The SMILES string of the molecule is CCCC(=O)c1ccc2c(c1)c1ccccc1n2-c1ccc(C(=O)c2ccccc2)cc1. The largest absolute Gasteiger partial charge is 0.309 e. The van der Waals surface area contributed by atoms with Crippen molar-refractivity contribution in [3.05, 3.63) is 114 Å². The molecule has 5 rings (SSSR count). The average Bonchev–Trinajstić information content (AvgIpc) is 3.18. The van der Waals surface area contributed by atoms with Crippen LogP contribution in [0.1, 0.15) is 46.0 Å². The van der Waals surface area contributed by atoms with Crippen LogP contribution in [0.3, 0.4) is 0 Å². The highest BCUT2D eigenvalue weighted by Crippen LogP contribution is 2.33. The van der Waals surface area contributed by atoms with Gasteiger partial charge in [0.1, 0.15) is 0 Å². The highest BCUT2D eigenvalue weighted by molar-refractivity contribution is 6.12. The monoisotopic (exact) mass is 417 g/mol. The molecule has 0 radical (unpaired) electrons. The Bertz CT molecular complexity index is 1440. The zero-order valence-corrected chi connectivity index (χ0v) is 17.9. The fourth-order valence-electron chi connectivity index (χ4n) is 4.31.